The zero-order valence-corrected chi connectivity index (χ0v) is 25.0. The molecule has 0 amide bonds. The van der Waals surface area contributed by atoms with E-state index in [1.54, 1.807) is 0 Å². The van der Waals surface area contributed by atoms with Crippen molar-refractivity contribution in [2.75, 3.05) is 26.7 Å². The van der Waals surface area contributed by atoms with E-state index in [1.165, 1.54) is 191 Å². The van der Waals surface area contributed by atoms with Crippen LogP contribution >= 0.6 is 0 Å². The molecule has 0 aromatic heterocycles. The molecule has 0 spiro atoms. The van der Waals surface area contributed by atoms with Gasteiger partial charge in [-0.1, -0.05) is 149 Å². The van der Waals surface area contributed by atoms with Crippen molar-refractivity contribution in [3.05, 3.63) is 0 Å². The smallest absolute Gasteiger partial charge is 0.0784 e. The van der Waals surface area contributed by atoms with Gasteiger partial charge >= 0.3 is 0 Å². The summed E-state index contributed by atoms with van der Waals surface area (Å²) >= 11 is 0. The van der Waals surface area contributed by atoms with Gasteiger partial charge in [-0.05, 0) is 38.5 Å². The third-order valence-corrected chi connectivity index (χ3v) is 8.15. The van der Waals surface area contributed by atoms with Crippen molar-refractivity contribution in [1.82, 2.24) is 0 Å². The molecule has 0 radical (unpaired) electrons. The highest BCUT2D eigenvalue weighted by Crippen LogP contribution is 2.17. The highest BCUT2D eigenvalue weighted by Gasteiger charge is 2.20. The number of rotatable bonds is 29. The van der Waals surface area contributed by atoms with Crippen LogP contribution in [0.25, 0.3) is 0 Å². The first kappa shape index (κ1) is 34.0. The minimum Gasteiger partial charge on any atom is -0.326 e. The summed E-state index contributed by atoms with van der Waals surface area (Å²) in [6, 6.07) is 0. The summed E-state index contributed by atoms with van der Waals surface area (Å²) in [6.07, 6.45) is 37.8. The molecule has 0 aliphatic carbocycles. The Kier molecular flexibility index (Phi) is 27.5. The Labute approximate surface area is 218 Å². The Bertz CT molecular complexity index is 340. The number of quaternary nitrogens is 1. The molecule has 1 heteroatoms. The van der Waals surface area contributed by atoms with Crippen molar-refractivity contribution in [3.63, 3.8) is 0 Å². The first-order valence-electron chi connectivity index (χ1n) is 16.5. The fourth-order valence-electron chi connectivity index (χ4n) is 5.57. The molecule has 0 aliphatic rings. The van der Waals surface area contributed by atoms with Crippen LogP contribution in [0.15, 0.2) is 0 Å². The van der Waals surface area contributed by atoms with Crippen LogP contribution in [0.3, 0.4) is 0 Å². The summed E-state index contributed by atoms with van der Waals surface area (Å²) in [5.74, 6) is 0. The zero-order chi connectivity index (χ0) is 25.0. The molecule has 0 aromatic rings. The Hall–Kier alpha value is -0.0400. The van der Waals surface area contributed by atoms with Crippen molar-refractivity contribution in [3.8, 4) is 0 Å². The fraction of sp³-hybridized carbons (Fsp3) is 1.00. The molecule has 0 N–H and O–H groups in total. The first-order chi connectivity index (χ1) is 16.7. The van der Waals surface area contributed by atoms with E-state index in [4.69, 9.17) is 0 Å². The van der Waals surface area contributed by atoms with E-state index in [0.717, 1.165) is 0 Å². The molecule has 0 aromatic carbocycles. The number of nitrogens with zero attached hydrogens (tertiary/aromatic N) is 1. The van der Waals surface area contributed by atoms with Crippen LogP contribution < -0.4 is 0 Å². The van der Waals surface area contributed by atoms with E-state index in [9.17, 15) is 0 Å². The first-order valence-corrected chi connectivity index (χ1v) is 16.5. The van der Waals surface area contributed by atoms with Crippen LogP contribution in [0.1, 0.15) is 188 Å². The van der Waals surface area contributed by atoms with Gasteiger partial charge in [0.15, 0.2) is 0 Å². The van der Waals surface area contributed by atoms with Gasteiger partial charge in [-0.15, -0.1) is 0 Å². The zero-order valence-electron chi connectivity index (χ0n) is 25.0. The lowest BCUT2D eigenvalue weighted by Crippen LogP contribution is -2.46. The normalized spacial score (nSPS) is 12.0. The van der Waals surface area contributed by atoms with Crippen LogP contribution in [0.4, 0.5) is 0 Å². The number of hydrogen-bond acceptors (Lipinski definition) is 0. The van der Waals surface area contributed by atoms with Crippen molar-refractivity contribution in [1.29, 1.82) is 0 Å². The summed E-state index contributed by atoms with van der Waals surface area (Å²) in [7, 11) is 2.59. The monoisotopic (exact) mass is 481 g/mol. The van der Waals surface area contributed by atoms with E-state index in [0.29, 0.717) is 0 Å². The van der Waals surface area contributed by atoms with Crippen LogP contribution in [-0.4, -0.2) is 31.2 Å². The largest absolute Gasteiger partial charge is 0.326 e. The van der Waals surface area contributed by atoms with Gasteiger partial charge in [0, 0.05) is 0 Å². The van der Waals surface area contributed by atoms with Crippen molar-refractivity contribution >= 4 is 0 Å². The van der Waals surface area contributed by atoms with Gasteiger partial charge in [-0.2, -0.15) is 0 Å². The molecule has 34 heavy (non-hydrogen) atoms. The third kappa shape index (κ3) is 25.1. The second-order valence-electron chi connectivity index (χ2n) is 11.9. The maximum absolute atomic E-state index is 2.59. The van der Waals surface area contributed by atoms with Crippen LogP contribution in [0.5, 0.6) is 0 Å². The molecule has 0 rings (SSSR count). The molecule has 0 heterocycles. The number of hydrogen-bond donors (Lipinski definition) is 0. The molecule has 0 bridgehead atoms. The van der Waals surface area contributed by atoms with Gasteiger partial charge in [-0.3, -0.25) is 0 Å². The summed E-state index contributed by atoms with van der Waals surface area (Å²) in [5.41, 5.74) is 0. The average Bonchev–Trinajstić information content (AvgIpc) is 2.84. The molecule has 0 saturated carbocycles. The molecule has 0 fully saturated rings. The maximum atomic E-state index is 2.59. The van der Waals surface area contributed by atoms with Crippen LogP contribution in [0, 0.1) is 0 Å². The third-order valence-electron chi connectivity index (χ3n) is 8.15. The highest BCUT2D eigenvalue weighted by molar-refractivity contribution is 4.52. The molecule has 0 atom stereocenters. The Morgan fingerprint density at radius 3 is 0.647 bits per heavy atom. The molecule has 0 aliphatic heterocycles. The van der Waals surface area contributed by atoms with Crippen LogP contribution in [-0.2, 0) is 0 Å². The molecule has 1 nitrogen and oxygen atoms in total. The van der Waals surface area contributed by atoms with Crippen LogP contribution in [0.2, 0.25) is 0 Å². The summed E-state index contributed by atoms with van der Waals surface area (Å²) < 4.78 is 1.36. The molecular formula is C33H70N+. The second-order valence-corrected chi connectivity index (χ2v) is 11.9. The van der Waals surface area contributed by atoms with Gasteiger partial charge < -0.3 is 4.48 Å². The molecule has 0 unspecified atom stereocenters. The van der Waals surface area contributed by atoms with Crippen molar-refractivity contribution in [2.45, 2.75) is 188 Å². The van der Waals surface area contributed by atoms with Gasteiger partial charge in [0.2, 0.25) is 0 Å². The van der Waals surface area contributed by atoms with E-state index in [2.05, 4.69) is 27.8 Å². The Balaban J connectivity index is 3.99. The summed E-state index contributed by atoms with van der Waals surface area (Å²) in [6.45, 7) is 11.3. The van der Waals surface area contributed by atoms with Gasteiger partial charge in [-0.25, -0.2) is 0 Å². The SMILES string of the molecule is CCCCCCCCCCCC[N+](C)(CCCCCCCC)CCCCCCCCCCCC. The predicted octanol–water partition coefficient (Wildman–Crippen LogP) is 11.6. The lowest BCUT2D eigenvalue weighted by molar-refractivity contribution is -0.910. The Morgan fingerprint density at radius 2 is 0.441 bits per heavy atom. The number of unbranched alkanes of at least 4 members (excludes halogenated alkanes) is 23. The fourth-order valence-corrected chi connectivity index (χ4v) is 5.57. The highest BCUT2D eigenvalue weighted by atomic mass is 15.3. The lowest BCUT2D eigenvalue weighted by Gasteiger charge is -2.35. The molecule has 206 valence electrons. The molecule has 0 saturated heterocycles. The summed E-state index contributed by atoms with van der Waals surface area (Å²) in [5, 5.41) is 0. The van der Waals surface area contributed by atoms with E-state index in [-0.39, 0.29) is 0 Å². The van der Waals surface area contributed by atoms with Crippen molar-refractivity contribution < 1.29 is 4.48 Å². The maximum Gasteiger partial charge on any atom is 0.0784 e. The van der Waals surface area contributed by atoms with Gasteiger partial charge in [0.05, 0.1) is 26.7 Å². The summed E-state index contributed by atoms with van der Waals surface area (Å²) in [4.78, 5) is 0. The average molecular weight is 481 g/mol. The van der Waals surface area contributed by atoms with Gasteiger partial charge in [0.1, 0.15) is 0 Å². The minimum atomic E-state index is 1.36. The second kappa shape index (κ2) is 27.5. The molecular weight excluding hydrogens is 410 g/mol. The topological polar surface area (TPSA) is 0 Å². The van der Waals surface area contributed by atoms with Gasteiger partial charge in [0.25, 0.3) is 0 Å². The predicted molar refractivity (Wildman–Crippen MR) is 158 cm³/mol. The lowest BCUT2D eigenvalue weighted by atomic mass is 10.0. The quantitative estimate of drug-likeness (QED) is 0.0737. The Morgan fingerprint density at radius 1 is 0.265 bits per heavy atom. The van der Waals surface area contributed by atoms with E-state index < -0.39 is 0 Å². The van der Waals surface area contributed by atoms with E-state index >= 15 is 0 Å². The van der Waals surface area contributed by atoms with E-state index in [1.807, 2.05) is 0 Å². The minimum absolute atomic E-state index is 1.36. The standard InChI is InChI=1S/C33H70N/c1-5-8-11-14-17-19-21-23-26-29-32-34(4,31-28-25-16-13-10-7-3)33-30-27-24-22-20-18-15-12-9-6-2/h5-33H2,1-4H3/q+1. The van der Waals surface area contributed by atoms with Crippen molar-refractivity contribution in [2.24, 2.45) is 0 Å².